The number of nitrogens with zero attached hydrogens (tertiary/aromatic N) is 1. The molecule has 1 atom stereocenters. The van der Waals surface area contributed by atoms with Crippen molar-refractivity contribution in [3.8, 4) is 5.75 Å². The van der Waals surface area contributed by atoms with Crippen molar-refractivity contribution in [3.05, 3.63) is 35.5 Å². The van der Waals surface area contributed by atoms with Crippen LogP contribution in [0.4, 0.5) is 0 Å². The van der Waals surface area contributed by atoms with Crippen molar-refractivity contribution in [3.63, 3.8) is 0 Å². The van der Waals surface area contributed by atoms with Crippen LogP contribution in [-0.2, 0) is 9.53 Å². The largest absolute Gasteiger partial charge is 0.480 e. The van der Waals surface area contributed by atoms with Gasteiger partial charge in [0.15, 0.2) is 6.61 Å². The minimum atomic E-state index is -0.382. The van der Waals surface area contributed by atoms with Gasteiger partial charge in [-0.2, -0.15) is 0 Å². The number of fused-ring (bicyclic) bond motifs is 1. The van der Waals surface area contributed by atoms with Crippen LogP contribution in [0.25, 0.3) is 10.9 Å². The predicted octanol–water partition coefficient (Wildman–Crippen LogP) is 4.24. The molecule has 1 aromatic heterocycles. The van der Waals surface area contributed by atoms with Crippen LogP contribution < -0.4 is 4.74 Å². The van der Waals surface area contributed by atoms with Crippen molar-refractivity contribution < 1.29 is 14.3 Å². The fourth-order valence-electron chi connectivity index (χ4n) is 2.34. The van der Waals surface area contributed by atoms with Gasteiger partial charge in [-0.05, 0) is 43.5 Å². The Bertz CT molecular complexity index is 657. The Hall–Kier alpha value is -1.81. The Labute approximate surface area is 135 Å². The van der Waals surface area contributed by atoms with Crippen molar-refractivity contribution in [2.24, 2.45) is 5.92 Å². The van der Waals surface area contributed by atoms with Gasteiger partial charge in [0.2, 0.25) is 0 Å². The van der Waals surface area contributed by atoms with Gasteiger partial charge >= 0.3 is 5.97 Å². The normalized spacial score (nSPS) is 12.4. The highest BCUT2D eigenvalue weighted by Crippen LogP contribution is 2.29. The number of ether oxygens (including phenoxy) is 2. The Balaban J connectivity index is 2.00. The first kappa shape index (κ1) is 16.6. The average Bonchev–Trinajstić information content (AvgIpc) is 2.46. The van der Waals surface area contributed by atoms with E-state index in [0.717, 1.165) is 11.8 Å². The molecule has 0 aliphatic rings. The number of hydrogen-bond donors (Lipinski definition) is 0. The third kappa shape index (κ3) is 4.34. The highest BCUT2D eigenvalue weighted by molar-refractivity contribution is 6.35. The highest BCUT2D eigenvalue weighted by Gasteiger charge is 2.13. The van der Waals surface area contributed by atoms with E-state index < -0.39 is 0 Å². The molecule has 0 fully saturated rings. The summed E-state index contributed by atoms with van der Waals surface area (Å²) in [6.45, 7) is 5.92. The van der Waals surface area contributed by atoms with Gasteiger partial charge in [0.1, 0.15) is 11.3 Å². The minimum Gasteiger partial charge on any atom is -0.480 e. The van der Waals surface area contributed by atoms with Gasteiger partial charge < -0.3 is 9.47 Å². The fourth-order valence-corrected chi connectivity index (χ4v) is 2.55. The third-order valence-electron chi connectivity index (χ3n) is 3.16. The van der Waals surface area contributed by atoms with Gasteiger partial charge in [-0.25, -0.2) is 4.79 Å². The summed E-state index contributed by atoms with van der Waals surface area (Å²) in [6.07, 6.45) is 2.38. The molecule has 0 N–H and O–H groups in total. The number of pyridine rings is 1. The second-order valence-corrected chi connectivity index (χ2v) is 6.07. The van der Waals surface area contributed by atoms with Crippen molar-refractivity contribution in [2.45, 2.75) is 33.3 Å². The molecule has 0 aliphatic heterocycles. The minimum absolute atomic E-state index is 0.115. The lowest BCUT2D eigenvalue weighted by atomic mass is 10.1. The zero-order valence-electron chi connectivity index (χ0n) is 13.0. The first-order valence-corrected chi connectivity index (χ1v) is 7.70. The monoisotopic (exact) mass is 321 g/mol. The zero-order chi connectivity index (χ0) is 16.1. The van der Waals surface area contributed by atoms with Gasteiger partial charge in [-0.3, -0.25) is 4.98 Å². The van der Waals surface area contributed by atoms with E-state index in [1.807, 2.05) is 13.0 Å². The smallest absolute Gasteiger partial charge is 0.344 e. The van der Waals surface area contributed by atoms with Crippen LogP contribution in [0.2, 0.25) is 5.02 Å². The zero-order valence-corrected chi connectivity index (χ0v) is 13.8. The first-order valence-electron chi connectivity index (χ1n) is 7.33. The number of carbonyl (C=O) groups is 1. The summed E-state index contributed by atoms with van der Waals surface area (Å²) < 4.78 is 10.9. The standard InChI is InChI=1S/C17H20ClNO3/c1-11(2)9-12(3)22-16(20)10-21-15-7-6-14(18)13-5-4-8-19-17(13)15/h4-8,11-12H,9-10H2,1-3H3/t12-/m0/s1. The van der Waals surface area contributed by atoms with Gasteiger partial charge in [0.05, 0.1) is 11.1 Å². The summed E-state index contributed by atoms with van der Waals surface area (Å²) in [5.74, 6) is 0.619. The van der Waals surface area contributed by atoms with Crippen LogP contribution in [0.5, 0.6) is 5.75 Å². The van der Waals surface area contributed by atoms with Gasteiger partial charge in [0.25, 0.3) is 0 Å². The number of halogens is 1. The van der Waals surface area contributed by atoms with Crippen molar-refractivity contribution in [2.75, 3.05) is 6.61 Å². The van der Waals surface area contributed by atoms with Crippen LogP contribution in [0.1, 0.15) is 27.2 Å². The van der Waals surface area contributed by atoms with Crippen LogP contribution in [-0.4, -0.2) is 23.7 Å². The molecule has 0 unspecified atom stereocenters. The molecule has 2 aromatic rings. The number of carbonyl (C=O) groups excluding carboxylic acids is 1. The van der Waals surface area contributed by atoms with E-state index >= 15 is 0 Å². The lowest BCUT2D eigenvalue weighted by molar-refractivity contribution is -0.151. The van der Waals surface area contributed by atoms with Crippen LogP contribution in [0.3, 0.4) is 0 Å². The summed E-state index contributed by atoms with van der Waals surface area (Å²) in [7, 11) is 0. The summed E-state index contributed by atoms with van der Waals surface area (Å²) >= 11 is 6.12. The number of rotatable bonds is 6. The van der Waals surface area contributed by atoms with Crippen molar-refractivity contribution >= 4 is 28.5 Å². The van der Waals surface area contributed by atoms with Crippen molar-refractivity contribution in [1.82, 2.24) is 4.98 Å². The molecule has 4 nitrogen and oxygen atoms in total. The predicted molar refractivity (Wildman–Crippen MR) is 87.3 cm³/mol. The summed E-state index contributed by atoms with van der Waals surface area (Å²) in [4.78, 5) is 16.1. The molecule has 0 aliphatic carbocycles. The fraction of sp³-hybridized carbons (Fsp3) is 0.412. The van der Waals surface area contributed by atoms with E-state index in [1.165, 1.54) is 0 Å². The molecular formula is C17H20ClNO3. The second-order valence-electron chi connectivity index (χ2n) is 5.66. The maximum absolute atomic E-state index is 11.8. The summed E-state index contributed by atoms with van der Waals surface area (Å²) in [5.41, 5.74) is 0.637. The summed E-state index contributed by atoms with van der Waals surface area (Å²) in [5, 5.41) is 1.40. The van der Waals surface area contributed by atoms with E-state index in [2.05, 4.69) is 18.8 Å². The first-order chi connectivity index (χ1) is 10.5. The Kier molecular flexibility index (Phi) is 5.61. The molecule has 1 heterocycles. The van der Waals surface area contributed by atoms with E-state index in [1.54, 1.807) is 24.4 Å². The molecule has 0 spiro atoms. The average molecular weight is 322 g/mol. The quantitative estimate of drug-likeness (QED) is 0.746. The van der Waals surface area contributed by atoms with Crippen molar-refractivity contribution in [1.29, 1.82) is 0 Å². The molecule has 0 radical (unpaired) electrons. The number of benzene rings is 1. The molecule has 1 aromatic carbocycles. The molecule has 0 amide bonds. The lowest BCUT2D eigenvalue weighted by Crippen LogP contribution is -2.22. The molecule has 0 saturated carbocycles. The number of aromatic nitrogens is 1. The maximum Gasteiger partial charge on any atom is 0.344 e. The van der Waals surface area contributed by atoms with Crippen LogP contribution in [0.15, 0.2) is 30.5 Å². The van der Waals surface area contributed by atoms with E-state index in [4.69, 9.17) is 21.1 Å². The van der Waals surface area contributed by atoms with Crippen LogP contribution >= 0.6 is 11.6 Å². The summed E-state index contributed by atoms with van der Waals surface area (Å²) in [6, 6.07) is 7.11. The van der Waals surface area contributed by atoms with Gasteiger partial charge in [-0.15, -0.1) is 0 Å². The third-order valence-corrected chi connectivity index (χ3v) is 3.49. The second kappa shape index (κ2) is 7.45. The number of hydrogen-bond acceptors (Lipinski definition) is 4. The molecule has 118 valence electrons. The van der Waals surface area contributed by atoms with Crippen LogP contribution in [0, 0.1) is 5.92 Å². The van der Waals surface area contributed by atoms with Gasteiger partial charge in [-0.1, -0.05) is 25.4 Å². The number of esters is 1. The topological polar surface area (TPSA) is 48.4 Å². The molecule has 0 bridgehead atoms. The molecule has 2 rings (SSSR count). The van der Waals surface area contributed by atoms with E-state index in [-0.39, 0.29) is 18.7 Å². The lowest BCUT2D eigenvalue weighted by Gasteiger charge is -2.15. The Morgan fingerprint density at radius 1 is 1.27 bits per heavy atom. The molecular weight excluding hydrogens is 302 g/mol. The molecule has 0 saturated heterocycles. The van der Waals surface area contributed by atoms with E-state index in [0.29, 0.717) is 22.2 Å². The molecule has 5 heteroatoms. The molecule has 22 heavy (non-hydrogen) atoms. The Morgan fingerprint density at radius 3 is 2.77 bits per heavy atom. The van der Waals surface area contributed by atoms with E-state index in [9.17, 15) is 4.79 Å². The Morgan fingerprint density at radius 2 is 2.05 bits per heavy atom. The highest BCUT2D eigenvalue weighted by atomic mass is 35.5. The maximum atomic E-state index is 11.8. The van der Waals surface area contributed by atoms with Gasteiger partial charge in [0, 0.05) is 11.6 Å². The SMILES string of the molecule is CC(C)C[C@H](C)OC(=O)COc1ccc(Cl)c2cccnc12.